The number of cyclic esters (lactones) is 2. The Morgan fingerprint density at radius 2 is 1.84 bits per heavy atom. The first kappa shape index (κ1) is 26.8. The highest BCUT2D eigenvalue weighted by Crippen LogP contribution is 2.66. The van der Waals surface area contributed by atoms with E-state index in [2.05, 4.69) is 6.08 Å². The summed E-state index contributed by atoms with van der Waals surface area (Å²) in [5.41, 5.74) is -0.786. The highest BCUT2D eigenvalue weighted by atomic mass is 16.7. The molecule has 8 nitrogen and oxygen atoms in total. The number of ether oxygens (including phenoxy) is 3. The number of Topliss-reactive ketones (excluding diaryl/α,β-unsaturated/α-hetero) is 1. The van der Waals surface area contributed by atoms with Crippen LogP contribution >= 0.6 is 0 Å². The van der Waals surface area contributed by atoms with E-state index in [0.29, 0.717) is 18.4 Å². The molecule has 1 N–H and O–H groups in total. The Morgan fingerprint density at radius 1 is 1.08 bits per heavy atom. The highest BCUT2D eigenvalue weighted by Gasteiger charge is 2.74. The number of hydrogen-bond acceptors (Lipinski definition) is 8. The minimum absolute atomic E-state index is 0.0737. The first-order chi connectivity index (χ1) is 18.3. The molecule has 0 amide bonds. The van der Waals surface area contributed by atoms with Crippen molar-refractivity contribution in [3.63, 3.8) is 0 Å². The molecule has 2 fully saturated rings. The van der Waals surface area contributed by atoms with Gasteiger partial charge in [0.05, 0.1) is 23.7 Å². The van der Waals surface area contributed by atoms with Crippen molar-refractivity contribution in [3.05, 3.63) is 47.1 Å². The molecule has 3 aliphatic heterocycles. The molecule has 1 spiro atoms. The molecule has 5 aliphatic rings. The summed E-state index contributed by atoms with van der Waals surface area (Å²) in [7, 11) is 0. The van der Waals surface area contributed by atoms with Gasteiger partial charge < -0.3 is 19.3 Å². The molecule has 2 saturated heterocycles. The van der Waals surface area contributed by atoms with E-state index in [9.17, 15) is 24.3 Å². The summed E-state index contributed by atoms with van der Waals surface area (Å²) < 4.78 is 17.4. The van der Waals surface area contributed by atoms with E-state index >= 15 is 0 Å². The summed E-state index contributed by atoms with van der Waals surface area (Å²) in [6, 6.07) is 0. The predicted octanol–water partition coefficient (Wildman–Crippen LogP) is 4.03. The summed E-state index contributed by atoms with van der Waals surface area (Å²) in [6.07, 6.45) is 15.0. The third-order valence-corrected chi connectivity index (χ3v) is 8.93. The van der Waals surface area contributed by atoms with Crippen molar-refractivity contribution in [2.24, 2.45) is 23.2 Å². The number of carbonyl (C=O) groups excluding carboxylic acids is 4. The van der Waals surface area contributed by atoms with Gasteiger partial charge in [0, 0.05) is 18.4 Å². The standard InChI is InChI=1S/C30H36O8/c1-3-5-7-8-9-11-12-18-14-23-29(17-31)16-20-24(27(34)36-26(20)33)25-19(18)15-22(21(32)13-10-6-4-2)37-30(23,25)38-28(29)35/h3-6,14,18-19,22,25,31H,7-13,15-17H2,1-2H3/b5-3+,6-4+/t18-,19+,22-,25-,29-,30-/m1/s1. The average molecular weight is 525 g/mol. The number of esters is 3. The van der Waals surface area contributed by atoms with E-state index in [1.807, 2.05) is 38.2 Å². The van der Waals surface area contributed by atoms with E-state index in [0.717, 1.165) is 32.1 Å². The molecule has 8 heteroatoms. The number of carbonyl (C=O) groups is 4. The predicted molar refractivity (Wildman–Crippen MR) is 136 cm³/mol. The van der Waals surface area contributed by atoms with E-state index in [-0.39, 0.29) is 41.6 Å². The maximum atomic E-state index is 13.5. The molecule has 5 rings (SSSR count). The van der Waals surface area contributed by atoms with Crippen molar-refractivity contribution in [1.29, 1.82) is 0 Å². The lowest BCUT2D eigenvalue weighted by Gasteiger charge is -2.52. The van der Waals surface area contributed by atoms with Crippen LogP contribution in [0.3, 0.4) is 0 Å². The molecular formula is C30H36O8. The summed E-state index contributed by atoms with van der Waals surface area (Å²) in [5, 5.41) is 10.6. The Labute approximate surface area is 222 Å². The number of hydrogen-bond donors (Lipinski definition) is 1. The van der Waals surface area contributed by atoms with Gasteiger partial charge in [-0.2, -0.15) is 0 Å². The Hall–Kier alpha value is -2.84. The monoisotopic (exact) mass is 524 g/mol. The van der Waals surface area contributed by atoms with Gasteiger partial charge >= 0.3 is 17.9 Å². The van der Waals surface area contributed by atoms with Crippen LogP contribution < -0.4 is 0 Å². The lowest BCUT2D eigenvalue weighted by Crippen LogP contribution is -2.59. The molecule has 0 aromatic heterocycles. The molecule has 0 aromatic rings. The molecule has 2 aliphatic carbocycles. The van der Waals surface area contributed by atoms with Crippen molar-refractivity contribution >= 4 is 23.7 Å². The summed E-state index contributed by atoms with van der Waals surface area (Å²) in [4.78, 5) is 52.6. The third-order valence-electron chi connectivity index (χ3n) is 8.93. The number of ketones is 1. The first-order valence-electron chi connectivity index (χ1n) is 13.8. The van der Waals surface area contributed by atoms with Gasteiger partial charge in [-0.25, -0.2) is 9.59 Å². The second-order valence-corrected chi connectivity index (χ2v) is 11.1. The van der Waals surface area contributed by atoms with Crippen LogP contribution in [0.25, 0.3) is 0 Å². The van der Waals surface area contributed by atoms with Crippen LogP contribution in [0.15, 0.2) is 47.1 Å². The van der Waals surface area contributed by atoms with Gasteiger partial charge in [0.25, 0.3) is 0 Å². The highest BCUT2D eigenvalue weighted by molar-refractivity contribution is 6.14. The summed E-state index contributed by atoms with van der Waals surface area (Å²) in [6.45, 7) is 3.29. The van der Waals surface area contributed by atoms with Crippen LogP contribution in [0.5, 0.6) is 0 Å². The van der Waals surface area contributed by atoms with Crippen LogP contribution in [0.1, 0.15) is 71.6 Å². The first-order valence-corrected chi connectivity index (χ1v) is 13.8. The van der Waals surface area contributed by atoms with Gasteiger partial charge in [0.15, 0.2) is 5.78 Å². The molecule has 0 saturated carbocycles. The second kappa shape index (κ2) is 10.4. The van der Waals surface area contributed by atoms with Gasteiger partial charge in [-0.15, -0.1) is 0 Å². The SMILES string of the molecule is C/C=C/CCCCC[C@@H]1C=C2[C@]3(CO)CC4=C(C(=O)OC4=O)[C@H]4[C@H]1C[C@H](C(=O)CC/C=C/C)O[C@@]24OC3=O. The van der Waals surface area contributed by atoms with Crippen molar-refractivity contribution in [3.8, 4) is 0 Å². The molecule has 0 unspecified atom stereocenters. The van der Waals surface area contributed by atoms with Crippen LogP contribution in [0.2, 0.25) is 0 Å². The minimum Gasteiger partial charge on any atom is -0.427 e. The Morgan fingerprint density at radius 3 is 2.58 bits per heavy atom. The van der Waals surface area contributed by atoms with E-state index in [1.54, 1.807) is 0 Å². The number of aliphatic hydroxyl groups excluding tert-OH is 1. The molecular weight excluding hydrogens is 488 g/mol. The molecule has 5 bridgehead atoms. The third kappa shape index (κ3) is 4.04. The number of allylic oxidation sites excluding steroid dienone is 5. The average Bonchev–Trinajstić information content (AvgIpc) is 3.25. The second-order valence-electron chi connectivity index (χ2n) is 11.1. The quantitative estimate of drug-likeness (QED) is 0.186. The largest absolute Gasteiger partial charge is 0.427 e. The van der Waals surface area contributed by atoms with Gasteiger partial charge in [-0.05, 0) is 57.8 Å². The Bertz CT molecular complexity index is 1160. The molecule has 38 heavy (non-hydrogen) atoms. The zero-order chi connectivity index (χ0) is 27.1. The Balaban J connectivity index is 1.57. The van der Waals surface area contributed by atoms with Crippen LogP contribution in [0.4, 0.5) is 0 Å². The van der Waals surface area contributed by atoms with Gasteiger partial charge in [0.1, 0.15) is 11.5 Å². The minimum atomic E-state index is -1.70. The number of rotatable bonds is 11. The van der Waals surface area contributed by atoms with Gasteiger partial charge in [-0.1, -0.05) is 43.2 Å². The maximum Gasteiger partial charge on any atom is 0.343 e. The van der Waals surface area contributed by atoms with Crippen molar-refractivity contribution in [2.45, 2.75) is 83.5 Å². The van der Waals surface area contributed by atoms with E-state index in [1.165, 1.54) is 0 Å². The fourth-order valence-corrected chi connectivity index (χ4v) is 7.11. The van der Waals surface area contributed by atoms with Crippen LogP contribution in [0, 0.1) is 23.2 Å². The topological polar surface area (TPSA) is 116 Å². The molecule has 6 atom stereocenters. The lowest BCUT2D eigenvalue weighted by molar-refractivity contribution is -0.268. The molecule has 3 heterocycles. The van der Waals surface area contributed by atoms with Crippen LogP contribution in [-0.4, -0.2) is 47.3 Å². The molecule has 0 radical (unpaired) electrons. The van der Waals surface area contributed by atoms with Gasteiger partial charge in [0.2, 0.25) is 5.79 Å². The number of aliphatic hydroxyl groups is 1. The zero-order valence-corrected chi connectivity index (χ0v) is 22.1. The van der Waals surface area contributed by atoms with Crippen LogP contribution in [-0.2, 0) is 33.4 Å². The van der Waals surface area contributed by atoms with E-state index in [4.69, 9.17) is 14.2 Å². The maximum absolute atomic E-state index is 13.5. The fraction of sp³-hybridized carbons (Fsp3) is 0.600. The lowest BCUT2D eigenvalue weighted by atomic mass is 9.60. The van der Waals surface area contributed by atoms with Gasteiger partial charge in [-0.3, -0.25) is 9.59 Å². The molecule has 204 valence electrons. The fourth-order valence-electron chi connectivity index (χ4n) is 7.11. The summed E-state index contributed by atoms with van der Waals surface area (Å²) >= 11 is 0. The van der Waals surface area contributed by atoms with Crippen molar-refractivity contribution in [2.75, 3.05) is 6.61 Å². The summed E-state index contributed by atoms with van der Waals surface area (Å²) in [5.74, 6) is -5.10. The Kier molecular flexibility index (Phi) is 7.31. The van der Waals surface area contributed by atoms with Crippen molar-refractivity contribution in [1.82, 2.24) is 0 Å². The molecule has 0 aromatic carbocycles. The van der Waals surface area contributed by atoms with Crippen molar-refractivity contribution < 1.29 is 38.5 Å². The zero-order valence-electron chi connectivity index (χ0n) is 22.1. The smallest absolute Gasteiger partial charge is 0.343 e. The normalized spacial score (nSPS) is 35.4. The van der Waals surface area contributed by atoms with E-state index < -0.39 is 47.7 Å². The number of unbranched alkanes of at least 4 members (excludes halogenated alkanes) is 3.